The fourth-order valence-corrected chi connectivity index (χ4v) is 2.64. The molecule has 0 atom stereocenters. The standard InChI is InChI=1S/C13H15N3O4S/c1-2-11-14-8-12(16-11)21(19,20)15-7-9-3-5-10(6-4-9)13(17)18/h3-6,8,15H,2,7H2,1H3,(H,14,16)(H,17,18). The molecule has 1 aromatic heterocycles. The van der Waals surface area contributed by atoms with Gasteiger partial charge in [0.25, 0.3) is 10.0 Å². The highest BCUT2D eigenvalue weighted by atomic mass is 32.2. The number of nitrogens with zero attached hydrogens (tertiary/aromatic N) is 1. The molecule has 0 bridgehead atoms. The van der Waals surface area contributed by atoms with Gasteiger partial charge in [-0.2, -0.15) is 0 Å². The lowest BCUT2D eigenvalue weighted by Crippen LogP contribution is -2.23. The molecule has 2 aromatic rings. The summed E-state index contributed by atoms with van der Waals surface area (Å²) >= 11 is 0. The van der Waals surface area contributed by atoms with E-state index in [0.29, 0.717) is 17.8 Å². The van der Waals surface area contributed by atoms with Gasteiger partial charge >= 0.3 is 5.97 Å². The average Bonchev–Trinajstić information content (AvgIpc) is 2.95. The minimum atomic E-state index is -3.66. The van der Waals surface area contributed by atoms with Crippen molar-refractivity contribution >= 4 is 16.0 Å². The van der Waals surface area contributed by atoms with Crippen LogP contribution in [0.3, 0.4) is 0 Å². The molecule has 0 aliphatic carbocycles. The van der Waals surface area contributed by atoms with E-state index in [1.807, 2.05) is 6.92 Å². The van der Waals surface area contributed by atoms with Gasteiger partial charge in [0.1, 0.15) is 5.82 Å². The molecule has 0 unspecified atom stereocenters. The Morgan fingerprint density at radius 2 is 2.00 bits per heavy atom. The molecule has 1 heterocycles. The molecule has 0 saturated heterocycles. The van der Waals surface area contributed by atoms with Crippen LogP contribution >= 0.6 is 0 Å². The number of benzene rings is 1. The second-order valence-electron chi connectivity index (χ2n) is 4.37. The third-order valence-electron chi connectivity index (χ3n) is 2.90. The highest BCUT2D eigenvalue weighted by molar-refractivity contribution is 7.89. The Hall–Kier alpha value is -2.19. The maximum absolute atomic E-state index is 12.0. The van der Waals surface area contributed by atoms with Gasteiger partial charge in [0.15, 0.2) is 5.03 Å². The first-order valence-corrected chi connectivity index (χ1v) is 7.76. The van der Waals surface area contributed by atoms with Gasteiger partial charge in [-0.3, -0.25) is 0 Å². The minimum absolute atomic E-state index is 0.0153. The fraction of sp³-hybridized carbons (Fsp3) is 0.231. The molecule has 112 valence electrons. The Morgan fingerprint density at radius 3 is 2.52 bits per heavy atom. The highest BCUT2D eigenvalue weighted by Gasteiger charge is 2.16. The molecule has 8 heteroatoms. The Kier molecular flexibility index (Phi) is 4.39. The number of aromatic carboxylic acids is 1. The Labute approximate surface area is 122 Å². The molecule has 0 fully saturated rings. The van der Waals surface area contributed by atoms with Crippen molar-refractivity contribution in [3.05, 3.63) is 47.4 Å². The topological polar surface area (TPSA) is 112 Å². The summed E-state index contributed by atoms with van der Waals surface area (Å²) in [5, 5.41) is 8.80. The molecule has 2 rings (SSSR count). The first kappa shape index (κ1) is 15.2. The van der Waals surface area contributed by atoms with Crippen LogP contribution in [0, 0.1) is 0 Å². The fourth-order valence-electron chi connectivity index (χ4n) is 1.68. The summed E-state index contributed by atoms with van der Waals surface area (Å²) in [6, 6.07) is 5.99. The Morgan fingerprint density at radius 1 is 1.33 bits per heavy atom. The predicted octanol–water partition coefficient (Wildman–Crippen LogP) is 1.15. The number of hydrogen-bond acceptors (Lipinski definition) is 4. The van der Waals surface area contributed by atoms with Crippen molar-refractivity contribution in [1.82, 2.24) is 14.7 Å². The number of aromatic nitrogens is 2. The van der Waals surface area contributed by atoms with Gasteiger partial charge < -0.3 is 10.1 Å². The number of sulfonamides is 1. The van der Waals surface area contributed by atoms with E-state index in [9.17, 15) is 13.2 Å². The summed E-state index contributed by atoms with van der Waals surface area (Å²) < 4.78 is 26.5. The third-order valence-corrected chi connectivity index (χ3v) is 4.21. The van der Waals surface area contributed by atoms with Crippen LogP contribution in [-0.2, 0) is 23.0 Å². The van der Waals surface area contributed by atoms with Gasteiger partial charge in [-0.25, -0.2) is 22.9 Å². The van der Waals surface area contributed by atoms with E-state index in [-0.39, 0.29) is 17.1 Å². The van der Waals surface area contributed by atoms with E-state index < -0.39 is 16.0 Å². The molecule has 0 amide bonds. The zero-order chi connectivity index (χ0) is 15.5. The third kappa shape index (κ3) is 3.67. The van der Waals surface area contributed by atoms with Crippen LogP contribution in [0.5, 0.6) is 0 Å². The second-order valence-corrected chi connectivity index (χ2v) is 6.11. The van der Waals surface area contributed by atoms with E-state index >= 15 is 0 Å². The van der Waals surface area contributed by atoms with Crippen LogP contribution in [0.4, 0.5) is 0 Å². The van der Waals surface area contributed by atoms with Crippen molar-refractivity contribution in [3.63, 3.8) is 0 Å². The van der Waals surface area contributed by atoms with Crippen LogP contribution in [-0.4, -0.2) is 29.5 Å². The molecular weight excluding hydrogens is 294 g/mol. The van der Waals surface area contributed by atoms with Gasteiger partial charge in [-0.05, 0) is 17.7 Å². The van der Waals surface area contributed by atoms with E-state index in [4.69, 9.17) is 5.11 Å². The lowest BCUT2D eigenvalue weighted by atomic mass is 10.1. The van der Waals surface area contributed by atoms with Crippen LogP contribution in [0.2, 0.25) is 0 Å². The SMILES string of the molecule is CCc1ncc(S(=O)(=O)NCc2ccc(C(=O)O)cc2)[nH]1. The molecule has 0 radical (unpaired) electrons. The molecule has 0 spiro atoms. The molecule has 0 aliphatic rings. The smallest absolute Gasteiger partial charge is 0.335 e. The number of aryl methyl sites for hydroxylation is 1. The van der Waals surface area contributed by atoms with Crippen molar-refractivity contribution in [2.24, 2.45) is 0 Å². The van der Waals surface area contributed by atoms with Gasteiger partial charge in [0.2, 0.25) is 0 Å². The molecule has 3 N–H and O–H groups in total. The Balaban J connectivity index is 2.06. The largest absolute Gasteiger partial charge is 0.478 e. The lowest BCUT2D eigenvalue weighted by Gasteiger charge is -2.05. The summed E-state index contributed by atoms with van der Waals surface area (Å²) in [5.74, 6) is -0.423. The number of carbonyl (C=O) groups is 1. The minimum Gasteiger partial charge on any atom is -0.478 e. The first-order chi connectivity index (χ1) is 9.92. The number of H-pyrrole nitrogens is 1. The van der Waals surface area contributed by atoms with Crippen LogP contribution in [0.25, 0.3) is 0 Å². The summed E-state index contributed by atoms with van der Waals surface area (Å²) in [5.41, 5.74) is 0.821. The quantitative estimate of drug-likeness (QED) is 0.741. The maximum Gasteiger partial charge on any atom is 0.335 e. The summed E-state index contributed by atoms with van der Waals surface area (Å²) in [4.78, 5) is 17.4. The van der Waals surface area contributed by atoms with E-state index in [1.54, 1.807) is 12.1 Å². The van der Waals surface area contributed by atoms with Crippen molar-refractivity contribution in [2.75, 3.05) is 0 Å². The average molecular weight is 309 g/mol. The number of rotatable bonds is 6. The van der Waals surface area contributed by atoms with Crippen LogP contribution in [0.15, 0.2) is 35.5 Å². The number of carboxylic acids is 1. The molecule has 0 aliphatic heterocycles. The van der Waals surface area contributed by atoms with Gasteiger partial charge in [0, 0.05) is 13.0 Å². The maximum atomic E-state index is 12.0. The van der Waals surface area contributed by atoms with E-state index in [2.05, 4.69) is 14.7 Å². The van der Waals surface area contributed by atoms with Gasteiger partial charge in [0.05, 0.1) is 11.8 Å². The summed E-state index contributed by atoms with van der Waals surface area (Å²) in [6.45, 7) is 1.94. The number of carboxylic acid groups (broad SMARTS) is 1. The summed E-state index contributed by atoms with van der Waals surface area (Å²) in [7, 11) is -3.66. The molecule has 1 aromatic carbocycles. The van der Waals surface area contributed by atoms with Crippen LogP contribution in [0.1, 0.15) is 28.7 Å². The monoisotopic (exact) mass is 309 g/mol. The number of imidazole rings is 1. The number of nitrogens with one attached hydrogen (secondary N) is 2. The van der Waals surface area contributed by atoms with Crippen LogP contribution < -0.4 is 4.72 Å². The normalized spacial score (nSPS) is 11.5. The predicted molar refractivity (Wildman–Crippen MR) is 75.4 cm³/mol. The molecule has 7 nitrogen and oxygen atoms in total. The molecule has 0 saturated carbocycles. The number of aromatic amines is 1. The Bertz CT molecular complexity index is 735. The number of hydrogen-bond donors (Lipinski definition) is 3. The zero-order valence-corrected chi connectivity index (χ0v) is 12.1. The lowest BCUT2D eigenvalue weighted by molar-refractivity contribution is 0.0697. The van der Waals surface area contributed by atoms with Gasteiger partial charge in [-0.1, -0.05) is 19.1 Å². The first-order valence-electron chi connectivity index (χ1n) is 6.28. The second kappa shape index (κ2) is 6.06. The zero-order valence-electron chi connectivity index (χ0n) is 11.3. The highest BCUT2D eigenvalue weighted by Crippen LogP contribution is 2.09. The van der Waals surface area contributed by atoms with Crippen molar-refractivity contribution in [2.45, 2.75) is 24.9 Å². The van der Waals surface area contributed by atoms with E-state index in [1.165, 1.54) is 18.3 Å². The molecule has 21 heavy (non-hydrogen) atoms. The van der Waals surface area contributed by atoms with Crippen molar-refractivity contribution in [1.29, 1.82) is 0 Å². The van der Waals surface area contributed by atoms with Crippen molar-refractivity contribution in [3.8, 4) is 0 Å². The van der Waals surface area contributed by atoms with E-state index in [0.717, 1.165) is 0 Å². The summed E-state index contributed by atoms with van der Waals surface area (Å²) in [6.07, 6.45) is 1.89. The molecular formula is C13H15N3O4S. The van der Waals surface area contributed by atoms with Crippen molar-refractivity contribution < 1.29 is 18.3 Å². The van der Waals surface area contributed by atoms with Gasteiger partial charge in [-0.15, -0.1) is 0 Å².